The zero-order chi connectivity index (χ0) is 29.9. The number of nitrogens with two attached hydrogens (primary N) is 1. The monoisotopic (exact) mass is 549 g/mol. The smallest absolute Gasteiger partial charge is 0.326 e. The Hall–Kier alpha value is -2.94. The first-order valence-corrected chi connectivity index (χ1v) is 13.8. The minimum absolute atomic E-state index is 0.00255. The number of rotatable bonds is 15. The molecule has 1 aromatic rings. The van der Waals surface area contributed by atoms with Gasteiger partial charge in [-0.25, -0.2) is 0 Å². The van der Waals surface area contributed by atoms with Crippen molar-refractivity contribution in [1.82, 2.24) is 0 Å². The van der Waals surface area contributed by atoms with Crippen LogP contribution in [0.1, 0.15) is 86.6 Å². The lowest BCUT2D eigenvalue weighted by molar-refractivity contribution is -0.155. The summed E-state index contributed by atoms with van der Waals surface area (Å²) < 4.78 is 21.7. The molecule has 220 valence electrons. The first kappa shape index (κ1) is 34.1. The van der Waals surface area contributed by atoms with E-state index >= 15 is 0 Å². The maximum absolute atomic E-state index is 12.8. The lowest BCUT2D eigenvalue weighted by Crippen LogP contribution is -2.53. The molecule has 0 spiro atoms. The van der Waals surface area contributed by atoms with Crippen LogP contribution >= 0.6 is 0 Å². The van der Waals surface area contributed by atoms with E-state index in [0.717, 1.165) is 6.42 Å². The van der Waals surface area contributed by atoms with Gasteiger partial charge in [0, 0.05) is 19.3 Å². The fourth-order valence-corrected chi connectivity index (χ4v) is 3.73. The van der Waals surface area contributed by atoms with Crippen LogP contribution in [0.3, 0.4) is 0 Å². The van der Waals surface area contributed by atoms with Crippen molar-refractivity contribution in [3.8, 4) is 11.5 Å². The molecule has 3 unspecified atom stereocenters. The zero-order valence-corrected chi connectivity index (χ0v) is 25.0. The Balaban J connectivity index is 3.32. The second-order valence-electron chi connectivity index (χ2n) is 11.1. The van der Waals surface area contributed by atoms with E-state index < -0.39 is 35.5 Å². The van der Waals surface area contributed by atoms with Crippen LogP contribution in [0.4, 0.5) is 0 Å². The summed E-state index contributed by atoms with van der Waals surface area (Å²) in [6.07, 6.45) is 1.23. The summed E-state index contributed by atoms with van der Waals surface area (Å²) in [6, 6.07) is 4.71. The maximum Gasteiger partial charge on any atom is 0.326 e. The van der Waals surface area contributed by atoms with Gasteiger partial charge in [-0.05, 0) is 42.9 Å². The van der Waals surface area contributed by atoms with Gasteiger partial charge in [0.25, 0.3) is 0 Å². The number of carbonyl (C=O) groups is 4. The largest absolute Gasteiger partial charge is 0.468 e. The van der Waals surface area contributed by atoms with Crippen molar-refractivity contribution in [2.24, 2.45) is 29.4 Å². The third-order valence-corrected chi connectivity index (χ3v) is 7.00. The van der Waals surface area contributed by atoms with Gasteiger partial charge in [-0.3, -0.25) is 19.2 Å². The van der Waals surface area contributed by atoms with Gasteiger partial charge in [-0.2, -0.15) is 0 Å². The van der Waals surface area contributed by atoms with Crippen LogP contribution in [0.15, 0.2) is 18.2 Å². The van der Waals surface area contributed by atoms with Crippen LogP contribution in [-0.2, 0) is 35.1 Å². The third kappa shape index (κ3) is 10.6. The molecule has 0 amide bonds. The molecule has 9 heteroatoms. The molecule has 0 heterocycles. The molecule has 0 radical (unpaired) electrons. The Kier molecular flexibility index (Phi) is 13.6. The standard InChI is InChI=1S/C30H47NO8/c1-10-11-12-26(32)37-20(6)16-30(31,29(35)36-9)17-23-13-14-24(38-27(33)21(7)18(2)3)25(15-23)39-28(34)22(8)19(4)5/h13-15,18-22H,10-12,16-17,31H2,1-9H3/t20-,21?,22?,30?/m0/s1. The van der Waals surface area contributed by atoms with E-state index in [1.807, 2.05) is 34.6 Å². The van der Waals surface area contributed by atoms with Crippen molar-refractivity contribution in [2.45, 2.75) is 99.1 Å². The number of benzene rings is 1. The summed E-state index contributed by atoms with van der Waals surface area (Å²) in [5.74, 6) is -2.49. The van der Waals surface area contributed by atoms with Crippen molar-refractivity contribution in [2.75, 3.05) is 7.11 Å². The molecule has 4 atom stereocenters. The highest BCUT2D eigenvalue weighted by atomic mass is 16.6. The molecule has 0 aromatic heterocycles. The van der Waals surface area contributed by atoms with Crippen molar-refractivity contribution >= 4 is 23.9 Å². The number of unbranched alkanes of at least 4 members (excludes halogenated alkanes) is 1. The van der Waals surface area contributed by atoms with Crippen molar-refractivity contribution < 1.29 is 38.1 Å². The van der Waals surface area contributed by atoms with Crippen LogP contribution in [0, 0.1) is 23.7 Å². The number of esters is 4. The summed E-state index contributed by atoms with van der Waals surface area (Å²) in [6.45, 7) is 14.8. The number of hydrogen-bond donors (Lipinski definition) is 1. The predicted octanol–water partition coefficient (Wildman–Crippen LogP) is 5.01. The van der Waals surface area contributed by atoms with E-state index in [9.17, 15) is 19.2 Å². The Morgan fingerprint density at radius 2 is 1.41 bits per heavy atom. The summed E-state index contributed by atoms with van der Waals surface area (Å²) in [4.78, 5) is 50.3. The van der Waals surface area contributed by atoms with E-state index in [1.165, 1.54) is 19.2 Å². The first-order chi connectivity index (χ1) is 18.1. The number of hydrogen-bond acceptors (Lipinski definition) is 9. The number of carbonyl (C=O) groups excluding carboxylic acids is 4. The Morgan fingerprint density at radius 1 is 0.872 bits per heavy atom. The fraction of sp³-hybridized carbons (Fsp3) is 0.667. The molecule has 9 nitrogen and oxygen atoms in total. The molecule has 0 saturated heterocycles. The molecular formula is C30H47NO8. The molecule has 0 aliphatic heterocycles. The Bertz CT molecular complexity index is 989. The quantitative estimate of drug-likeness (QED) is 0.237. The molecule has 1 aromatic carbocycles. The summed E-state index contributed by atoms with van der Waals surface area (Å²) >= 11 is 0. The van der Waals surface area contributed by atoms with Crippen molar-refractivity contribution in [3.05, 3.63) is 23.8 Å². The summed E-state index contributed by atoms with van der Waals surface area (Å²) in [7, 11) is 1.24. The van der Waals surface area contributed by atoms with Gasteiger partial charge < -0.3 is 24.7 Å². The third-order valence-electron chi connectivity index (χ3n) is 7.00. The van der Waals surface area contributed by atoms with Gasteiger partial charge >= 0.3 is 23.9 Å². The summed E-state index contributed by atoms with van der Waals surface area (Å²) in [5, 5.41) is 0. The average Bonchev–Trinajstić information content (AvgIpc) is 2.86. The predicted molar refractivity (Wildman–Crippen MR) is 148 cm³/mol. The number of ether oxygens (including phenoxy) is 4. The second-order valence-corrected chi connectivity index (χ2v) is 11.1. The lowest BCUT2D eigenvalue weighted by atomic mass is 9.86. The minimum atomic E-state index is -1.53. The molecular weight excluding hydrogens is 502 g/mol. The first-order valence-electron chi connectivity index (χ1n) is 13.8. The van der Waals surface area contributed by atoms with Gasteiger partial charge in [0.15, 0.2) is 11.5 Å². The SMILES string of the molecule is CCCCC(=O)O[C@@H](C)CC(N)(Cc1ccc(OC(=O)C(C)C(C)C)c(OC(=O)C(C)C(C)C)c1)C(=O)OC. The van der Waals surface area contributed by atoms with Gasteiger partial charge in [0.1, 0.15) is 11.6 Å². The second kappa shape index (κ2) is 15.6. The Morgan fingerprint density at radius 3 is 1.90 bits per heavy atom. The van der Waals surface area contributed by atoms with Crippen molar-refractivity contribution in [1.29, 1.82) is 0 Å². The molecule has 0 saturated carbocycles. The van der Waals surface area contributed by atoms with Crippen LogP contribution in [0.5, 0.6) is 11.5 Å². The van der Waals surface area contributed by atoms with Crippen molar-refractivity contribution in [3.63, 3.8) is 0 Å². The highest BCUT2D eigenvalue weighted by molar-refractivity contribution is 5.81. The minimum Gasteiger partial charge on any atom is -0.468 e. The maximum atomic E-state index is 12.8. The summed E-state index contributed by atoms with van der Waals surface area (Å²) in [5.41, 5.74) is 5.55. The van der Waals surface area contributed by atoms with E-state index in [0.29, 0.717) is 12.0 Å². The van der Waals surface area contributed by atoms with Crippen LogP contribution < -0.4 is 15.2 Å². The van der Waals surface area contributed by atoms with Gasteiger partial charge in [0.2, 0.25) is 0 Å². The topological polar surface area (TPSA) is 131 Å². The van der Waals surface area contributed by atoms with Gasteiger partial charge in [0.05, 0.1) is 18.9 Å². The van der Waals surface area contributed by atoms with E-state index in [4.69, 9.17) is 24.7 Å². The fourth-order valence-electron chi connectivity index (χ4n) is 3.73. The normalized spacial score (nSPS) is 15.2. The highest BCUT2D eigenvalue weighted by Gasteiger charge is 2.38. The Labute approximate surface area is 233 Å². The van der Waals surface area contributed by atoms with Crippen LogP contribution in [0.25, 0.3) is 0 Å². The molecule has 0 fully saturated rings. The molecule has 39 heavy (non-hydrogen) atoms. The van der Waals surface area contributed by atoms with E-state index in [-0.39, 0.29) is 54.5 Å². The average molecular weight is 550 g/mol. The molecule has 0 aliphatic carbocycles. The molecule has 2 N–H and O–H groups in total. The van der Waals surface area contributed by atoms with E-state index in [1.54, 1.807) is 26.8 Å². The van der Waals surface area contributed by atoms with Crippen LogP contribution in [-0.4, -0.2) is 42.6 Å². The molecule has 0 aliphatic rings. The van der Waals surface area contributed by atoms with Gasteiger partial charge in [-0.15, -0.1) is 0 Å². The van der Waals surface area contributed by atoms with Gasteiger partial charge in [-0.1, -0.05) is 61.0 Å². The highest BCUT2D eigenvalue weighted by Crippen LogP contribution is 2.33. The van der Waals surface area contributed by atoms with E-state index in [2.05, 4.69) is 0 Å². The lowest BCUT2D eigenvalue weighted by Gasteiger charge is -2.29. The molecule has 0 bridgehead atoms. The molecule has 1 rings (SSSR count). The zero-order valence-electron chi connectivity index (χ0n) is 25.0. The number of methoxy groups -OCH3 is 1. The van der Waals surface area contributed by atoms with Crippen LogP contribution in [0.2, 0.25) is 0 Å².